The molecule has 0 spiro atoms. The van der Waals surface area contributed by atoms with Gasteiger partial charge in [-0.15, -0.1) is 0 Å². The number of fused-ring (bicyclic) bond motifs is 1. The zero-order chi connectivity index (χ0) is 19.6. The Bertz CT molecular complexity index is 954. The molecule has 5 heteroatoms. The van der Waals surface area contributed by atoms with Gasteiger partial charge in [-0.05, 0) is 49.9 Å². The van der Waals surface area contributed by atoms with E-state index in [0.717, 1.165) is 27.6 Å². The molecule has 0 aliphatic heterocycles. The lowest BCUT2D eigenvalue weighted by Crippen LogP contribution is -2.26. The zero-order valence-corrected chi connectivity index (χ0v) is 16.0. The third-order valence-corrected chi connectivity index (χ3v) is 4.44. The van der Waals surface area contributed by atoms with Gasteiger partial charge in [0.15, 0.2) is 0 Å². The number of benzene rings is 2. The minimum absolute atomic E-state index is 0.0589. The summed E-state index contributed by atoms with van der Waals surface area (Å²) in [5.74, 6) is 0. The van der Waals surface area contributed by atoms with Crippen molar-refractivity contribution in [3.8, 4) is 0 Å². The molecule has 0 saturated carbocycles. The average molecular weight is 366 g/mol. The summed E-state index contributed by atoms with van der Waals surface area (Å²) in [6, 6.07) is 15.0. The van der Waals surface area contributed by atoms with E-state index >= 15 is 0 Å². The maximum Gasteiger partial charge on any atom is 0.419 e. The molecule has 3 N–H and O–H groups in total. The van der Waals surface area contributed by atoms with Crippen LogP contribution < -0.4 is 5.73 Å². The van der Waals surface area contributed by atoms with Gasteiger partial charge in [-0.1, -0.05) is 42.5 Å². The lowest BCUT2D eigenvalue weighted by Gasteiger charge is -2.19. The molecular weight excluding hydrogens is 340 g/mol. The summed E-state index contributed by atoms with van der Waals surface area (Å²) >= 11 is 0. The van der Waals surface area contributed by atoms with Crippen LogP contribution in [0.3, 0.4) is 0 Å². The number of hydrogen-bond donors (Lipinski definition) is 2. The predicted octanol–water partition coefficient (Wildman–Crippen LogP) is 4.01. The number of para-hydroxylation sites is 1. The van der Waals surface area contributed by atoms with Crippen molar-refractivity contribution >= 4 is 17.0 Å². The first kappa shape index (κ1) is 19.1. The van der Waals surface area contributed by atoms with E-state index in [4.69, 9.17) is 10.5 Å². The Kier molecular flexibility index (Phi) is 5.35. The van der Waals surface area contributed by atoms with E-state index in [1.165, 1.54) is 4.57 Å². The van der Waals surface area contributed by atoms with Crippen molar-refractivity contribution in [1.82, 2.24) is 4.57 Å². The molecular formula is C22H26N2O3. The van der Waals surface area contributed by atoms with E-state index in [2.05, 4.69) is 0 Å². The van der Waals surface area contributed by atoms with Crippen LogP contribution in [0.5, 0.6) is 0 Å². The Hall–Kier alpha value is -2.63. The summed E-state index contributed by atoms with van der Waals surface area (Å²) in [7, 11) is 0. The highest BCUT2D eigenvalue weighted by molar-refractivity contribution is 5.92. The number of aromatic nitrogens is 1. The number of hydrogen-bond acceptors (Lipinski definition) is 4. The topological polar surface area (TPSA) is 77.5 Å². The van der Waals surface area contributed by atoms with Gasteiger partial charge in [0.05, 0.1) is 11.6 Å². The van der Waals surface area contributed by atoms with Crippen molar-refractivity contribution in [1.29, 1.82) is 0 Å². The fourth-order valence-corrected chi connectivity index (χ4v) is 3.27. The molecule has 0 bridgehead atoms. The van der Waals surface area contributed by atoms with Gasteiger partial charge in [-0.3, -0.25) is 4.57 Å². The van der Waals surface area contributed by atoms with Crippen LogP contribution in [0.4, 0.5) is 4.79 Å². The maximum absolute atomic E-state index is 12.7. The lowest BCUT2D eigenvalue weighted by molar-refractivity contribution is 0.0544. The van der Waals surface area contributed by atoms with Crippen molar-refractivity contribution in [2.45, 2.75) is 38.8 Å². The molecule has 142 valence electrons. The van der Waals surface area contributed by atoms with Crippen molar-refractivity contribution in [2.75, 3.05) is 6.61 Å². The van der Waals surface area contributed by atoms with Gasteiger partial charge in [0.25, 0.3) is 0 Å². The predicted molar refractivity (Wildman–Crippen MR) is 107 cm³/mol. The van der Waals surface area contributed by atoms with Crippen molar-refractivity contribution in [2.24, 2.45) is 5.73 Å². The van der Waals surface area contributed by atoms with Gasteiger partial charge < -0.3 is 15.6 Å². The number of ether oxygens (including phenoxy) is 1. The normalized spacial score (nSPS) is 12.9. The molecule has 0 unspecified atom stereocenters. The molecule has 3 aromatic rings. The number of nitrogens with two attached hydrogens (primary N) is 1. The van der Waals surface area contributed by atoms with Gasteiger partial charge in [-0.2, -0.15) is 0 Å². The number of aliphatic hydroxyl groups is 1. The smallest absolute Gasteiger partial charge is 0.419 e. The molecule has 3 rings (SSSR count). The number of aliphatic hydroxyl groups excluding tert-OH is 1. The van der Waals surface area contributed by atoms with Crippen LogP contribution in [0.15, 0.2) is 54.7 Å². The Morgan fingerprint density at radius 1 is 1.11 bits per heavy atom. The van der Waals surface area contributed by atoms with E-state index in [0.29, 0.717) is 6.42 Å². The molecule has 0 fully saturated rings. The third-order valence-electron chi connectivity index (χ3n) is 4.44. The van der Waals surface area contributed by atoms with Crippen molar-refractivity contribution < 1.29 is 14.6 Å². The van der Waals surface area contributed by atoms with E-state index in [-0.39, 0.29) is 6.61 Å². The molecule has 1 atom stereocenters. The second-order valence-corrected chi connectivity index (χ2v) is 7.60. The van der Waals surface area contributed by atoms with Crippen LogP contribution >= 0.6 is 0 Å². The largest absolute Gasteiger partial charge is 0.443 e. The Morgan fingerprint density at radius 3 is 2.48 bits per heavy atom. The highest BCUT2D eigenvalue weighted by atomic mass is 16.6. The molecule has 5 nitrogen and oxygen atoms in total. The Labute approximate surface area is 159 Å². The summed E-state index contributed by atoms with van der Waals surface area (Å²) in [4.78, 5) is 12.7. The van der Waals surface area contributed by atoms with Gasteiger partial charge in [0.2, 0.25) is 0 Å². The highest BCUT2D eigenvalue weighted by Crippen LogP contribution is 2.31. The first-order chi connectivity index (χ1) is 12.8. The second kappa shape index (κ2) is 7.55. The fraction of sp³-hybridized carbons (Fsp3) is 0.318. The van der Waals surface area contributed by atoms with E-state index in [9.17, 15) is 9.90 Å². The maximum atomic E-state index is 12.7. The van der Waals surface area contributed by atoms with Crippen LogP contribution in [0.2, 0.25) is 0 Å². The molecule has 0 radical (unpaired) electrons. The van der Waals surface area contributed by atoms with Crippen molar-refractivity contribution in [3.63, 3.8) is 0 Å². The first-order valence-corrected chi connectivity index (χ1v) is 9.09. The molecule has 1 aromatic heterocycles. The van der Waals surface area contributed by atoms with Crippen LogP contribution in [0.1, 0.15) is 43.5 Å². The monoisotopic (exact) mass is 366 g/mol. The molecule has 0 saturated heterocycles. The van der Waals surface area contributed by atoms with Gasteiger partial charge in [0, 0.05) is 18.2 Å². The molecule has 0 aliphatic carbocycles. The lowest BCUT2D eigenvalue weighted by atomic mass is 9.93. The Balaban J connectivity index is 2.09. The number of carbonyl (C=O) groups excluding carboxylic acids is 1. The number of carbonyl (C=O) groups is 1. The Morgan fingerprint density at radius 2 is 1.78 bits per heavy atom. The zero-order valence-electron chi connectivity index (χ0n) is 16.0. The summed E-state index contributed by atoms with van der Waals surface area (Å²) in [6.07, 6.45) is 1.87. The summed E-state index contributed by atoms with van der Waals surface area (Å²) in [5, 5.41) is 10.3. The van der Waals surface area contributed by atoms with Crippen LogP contribution in [-0.2, 0) is 11.2 Å². The van der Waals surface area contributed by atoms with Crippen LogP contribution in [0, 0.1) is 0 Å². The highest BCUT2D eigenvalue weighted by Gasteiger charge is 2.23. The first-order valence-electron chi connectivity index (χ1n) is 9.09. The van der Waals surface area contributed by atoms with Crippen LogP contribution in [0.25, 0.3) is 10.9 Å². The number of rotatable bonds is 4. The summed E-state index contributed by atoms with van der Waals surface area (Å²) < 4.78 is 7.06. The minimum atomic E-state index is -0.585. The van der Waals surface area contributed by atoms with Gasteiger partial charge in [0.1, 0.15) is 5.60 Å². The van der Waals surface area contributed by atoms with Crippen molar-refractivity contribution in [3.05, 3.63) is 71.4 Å². The SMILES string of the molecule is CC(C)(C)OC(=O)n1cc([C@@H](N)c2ccccc2CCO)c2ccccc21. The minimum Gasteiger partial charge on any atom is -0.443 e. The fourth-order valence-electron chi connectivity index (χ4n) is 3.27. The summed E-state index contributed by atoms with van der Waals surface area (Å²) in [6.45, 7) is 5.58. The number of nitrogens with zero attached hydrogens (tertiary/aromatic N) is 1. The second-order valence-electron chi connectivity index (χ2n) is 7.60. The molecule has 0 amide bonds. The molecule has 27 heavy (non-hydrogen) atoms. The molecule has 2 aromatic carbocycles. The molecule has 1 heterocycles. The van der Waals surface area contributed by atoms with Crippen LogP contribution in [-0.4, -0.2) is 28.0 Å². The van der Waals surface area contributed by atoms with E-state index in [1.807, 2.05) is 69.3 Å². The van der Waals surface area contributed by atoms with E-state index in [1.54, 1.807) is 6.20 Å². The molecule has 0 aliphatic rings. The van der Waals surface area contributed by atoms with Gasteiger partial charge >= 0.3 is 6.09 Å². The average Bonchev–Trinajstić information content (AvgIpc) is 3.00. The van der Waals surface area contributed by atoms with Gasteiger partial charge in [-0.25, -0.2) is 4.79 Å². The standard InChI is InChI=1S/C22H26N2O3/c1-22(2,3)27-21(26)24-14-18(17-10-6-7-11-19(17)24)20(23)16-9-5-4-8-15(16)12-13-25/h4-11,14,20,25H,12-13,23H2,1-3H3/t20-/m0/s1. The third kappa shape index (κ3) is 4.04. The quantitative estimate of drug-likeness (QED) is 0.731. The van der Waals surface area contributed by atoms with E-state index < -0.39 is 17.7 Å². The summed E-state index contributed by atoms with van der Waals surface area (Å²) in [5.41, 5.74) is 9.58.